The van der Waals surface area contributed by atoms with Crippen molar-refractivity contribution < 1.29 is 0 Å². The molecule has 226 valence electrons. The number of hydrogen-bond donors (Lipinski definition) is 0. The summed E-state index contributed by atoms with van der Waals surface area (Å²) in [5.41, 5.74) is 8.50. The van der Waals surface area contributed by atoms with E-state index in [0.717, 1.165) is 5.69 Å². The van der Waals surface area contributed by atoms with Crippen molar-refractivity contribution in [3.63, 3.8) is 0 Å². The summed E-state index contributed by atoms with van der Waals surface area (Å²) in [5.74, 6) is 0. The Hall–Kier alpha value is -6.44. The molecule has 0 atom stereocenters. The smallest absolute Gasteiger partial charge is 0.0541 e. The van der Waals surface area contributed by atoms with E-state index < -0.39 is 0 Å². The first-order valence-corrected chi connectivity index (χ1v) is 17.0. The summed E-state index contributed by atoms with van der Waals surface area (Å²) in [6.07, 6.45) is 0. The van der Waals surface area contributed by atoms with Crippen molar-refractivity contribution >= 4 is 75.7 Å². The highest BCUT2D eigenvalue weighted by molar-refractivity contribution is 6.40. The van der Waals surface area contributed by atoms with Gasteiger partial charge in [-0.05, 0) is 119 Å². The molecule has 49 heavy (non-hydrogen) atoms. The average Bonchev–Trinajstić information content (AvgIpc) is 3.51. The summed E-state index contributed by atoms with van der Waals surface area (Å²) in [6, 6.07) is 65.0. The van der Waals surface area contributed by atoms with Gasteiger partial charge >= 0.3 is 0 Å². The second-order valence-corrected chi connectivity index (χ2v) is 13.3. The fraction of sp³-hybridized carbons (Fsp3) is 0. The SMILES string of the molecule is c1ccc(-c2ccc3c(c2)c2ccccc2n3-c2cccc(-c3cc4c5ccccc5c5cccc6c7ccccc7c(c3)c4c56)c2)cc1. The molecule has 0 N–H and O–H groups in total. The first-order valence-electron chi connectivity index (χ1n) is 17.0. The van der Waals surface area contributed by atoms with Gasteiger partial charge < -0.3 is 4.57 Å². The summed E-state index contributed by atoms with van der Waals surface area (Å²) in [5, 5.41) is 15.8. The molecule has 0 bridgehead atoms. The standard InChI is InChI=1S/C48H29N/c1-2-12-30(13-3-1)32-24-25-46-42(27-32)39-20-8-9-23-45(39)49(46)34-15-10-14-31(26-34)33-28-43-37-18-6-4-16-35(37)40-21-11-22-41-36-17-5-7-19-38(36)44(29-33)48(43)47(40)41/h1-29H. The molecule has 1 nitrogen and oxygen atoms in total. The highest BCUT2D eigenvalue weighted by atomic mass is 15.0. The molecule has 0 saturated heterocycles. The molecule has 1 heteroatoms. The van der Waals surface area contributed by atoms with Crippen LogP contribution in [0, 0.1) is 0 Å². The van der Waals surface area contributed by atoms with Crippen LogP contribution in [-0.2, 0) is 0 Å². The molecule has 11 rings (SSSR count). The number of aromatic nitrogens is 1. The molecule has 11 aromatic rings. The van der Waals surface area contributed by atoms with Crippen molar-refractivity contribution in [3.05, 3.63) is 176 Å². The number of hydrogen-bond acceptors (Lipinski definition) is 0. The van der Waals surface area contributed by atoms with Crippen molar-refractivity contribution in [2.45, 2.75) is 0 Å². The molecule has 0 saturated carbocycles. The van der Waals surface area contributed by atoms with E-state index in [1.54, 1.807) is 0 Å². The van der Waals surface area contributed by atoms with E-state index in [-0.39, 0.29) is 0 Å². The second-order valence-electron chi connectivity index (χ2n) is 13.3. The summed E-state index contributed by atoms with van der Waals surface area (Å²) in [4.78, 5) is 0. The Balaban J connectivity index is 1.19. The molecule has 0 fully saturated rings. The molecule has 0 spiro atoms. The van der Waals surface area contributed by atoms with E-state index in [1.165, 1.54) is 97.9 Å². The largest absolute Gasteiger partial charge is 0.309 e. The van der Waals surface area contributed by atoms with Gasteiger partial charge in [-0.3, -0.25) is 0 Å². The molecule has 0 aliphatic heterocycles. The molecule has 0 amide bonds. The van der Waals surface area contributed by atoms with E-state index in [0.29, 0.717) is 0 Å². The molecule has 1 heterocycles. The lowest BCUT2D eigenvalue weighted by Gasteiger charge is -2.19. The van der Waals surface area contributed by atoms with Crippen LogP contribution in [0.1, 0.15) is 0 Å². The molecular weight excluding hydrogens is 591 g/mol. The first kappa shape index (κ1) is 26.6. The molecule has 0 aliphatic carbocycles. The number of fused-ring (bicyclic) bond motifs is 9. The lowest BCUT2D eigenvalue weighted by atomic mass is 9.84. The van der Waals surface area contributed by atoms with Crippen LogP contribution in [0.15, 0.2) is 176 Å². The molecule has 1 aromatic heterocycles. The topological polar surface area (TPSA) is 4.93 Å². The summed E-state index contributed by atoms with van der Waals surface area (Å²) in [6.45, 7) is 0. The van der Waals surface area contributed by atoms with Gasteiger partial charge in [0, 0.05) is 16.5 Å². The van der Waals surface area contributed by atoms with Gasteiger partial charge in [0.2, 0.25) is 0 Å². The minimum atomic E-state index is 1.16. The second kappa shape index (κ2) is 10.0. The fourth-order valence-electron chi connectivity index (χ4n) is 8.56. The van der Waals surface area contributed by atoms with E-state index in [9.17, 15) is 0 Å². The number of nitrogens with zero attached hydrogens (tertiary/aromatic N) is 1. The van der Waals surface area contributed by atoms with Gasteiger partial charge in [-0.2, -0.15) is 0 Å². The highest BCUT2D eigenvalue weighted by Crippen LogP contribution is 2.46. The van der Waals surface area contributed by atoms with Gasteiger partial charge in [-0.1, -0.05) is 133 Å². The normalized spacial score (nSPS) is 12.1. The van der Waals surface area contributed by atoms with Crippen LogP contribution in [0.3, 0.4) is 0 Å². The molecule has 10 aromatic carbocycles. The summed E-state index contributed by atoms with van der Waals surface area (Å²) >= 11 is 0. The Kier molecular flexibility index (Phi) is 5.45. The zero-order chi connectivity index (χ0) is 32.1. The van der Waals surface area contributed by atoms with Gasteiger partial charge in [-0.25, -0.2) is 0 Å². The molecule has 0 radical (unpaired) electrons. The van der Waals surface area contributed by atoms with Crippen molar-refractivity contribution in [1.82, 2.24) is 4.57 Å². The minimum Gasteiger partial charge on any atom is -0.309 e. The minimum absolute atomic E-state index is 1.16. The van der Waals surface area contributed by atoms with Crippen LogP contribution in [0.4, 0.5) is 0 Å². The third-order valence-electron chi connectivity index (χ3n) is 10.7. The van der Waals surface area contributed by atoms with E-state index in [2.05, 4.69) is 180 Å². The van der Waals surface area contributed by atoms with Gasteiger partial charge in [0.05, 0.1) is 11.0 Å². The maximum Gasteiger partial charge on any atom is 0.0541 e. The summed E-state index contributed by atoms with van der Waals surface area (Å²) in [7, 11) is 0. The maximum absolute atomic E-state index is 2.43. The molecule has 0 unspecified atom stereocenters. The van der Waals surface area contributed by atoms with Crippen LogP contribution in [0.25, 0.3) is 104 Å². The van der Waals surface area contributed by atoms with Crippen LogP contribution in [0.5, 0.6) is 0 Å². The highest BCUT2D eigenvalue weighted by Gasteiger charge is 2.19. The Morgan fingerprint density at radius 2 is 0.714 bits per heavy atom. The van der Waals surface area contributed by atoms with Gasteiger partial charge in [0.1, 0.15) is 0 Å². The molecule has 0 aliphatic rings. The Bertz CT molecular complexity index is 2990. The van der Waals surface area contributed by atoms with Gasteiger partial charge in [-0.15, -0.1) is 0 Å². The van der Waals surface area contributed by atoms with Crippen LogP contribution < -0.4 is 0 Å². The maximum atomic E-state index is 2.43. The lowest BCUT2D eigenvalue weighted by molar-refractivity contribution is 1.18. The Morgan fingerprint density at radius 1 is 0.245 bits per heavy atom. The van der Waals surface area contributed by atoms with Crippen molar-refractivity contribution in [2.24, 2.45) is 0 Å². The van der Waals surface area contributed by atoms with Crippen molar-refractivity contribution in [2.75, 3.05) is 0 Å². The van der Waals surface area contributed by atoms with Crippen LogP contribution in [-0.4, -0.2) is 4.57 Å². The summed E-state index contributed by atoms with van der Waals surface area (Å²) < 4.78 is 2.43. The van der Waals surface area contributed by atoms with E-state index in [4.69, 9.17) is 0 Å². The fourth-order valence-corrected chi connectivity index (χ4v) is 8.56. The zero-order valence-electron chi connectivity index (χ0n) is 26.7. The third kappa shape index (κ3) is 3.76. The average molecular weight is 620 g/mol. The zero-order valence-corrected chi connectivity index (χ0v) is 26.7. The number of benzene rings is 10. The number of para-hydroxylation sites is 1. The van der Waals surface area contributed by atoms with Crippen LogP contribution in [0.2, 0.25) is 0 Å². The first-order chi connectivity index (χ1) is 24.3. The van der Waals surface area contributed by atoms with Crippen LogP contribution >= 0.6 is 0 Å². The third-order valence-corrected chi connectivity index (χ3v) is 10.7. The van der Waals surface area contributed by atoms with Gasteiger partial charge in [0.25, 0.3) is 0 Å². The number of rotatable bonds is 3. The predicted octanol–water partition coefficient (Wildman–Crippen LogP) is 13.3. The Morgan fingerprint density at radius 3 is 1.41 bits per heavy atom. The quantitative estimate of drug-likeness (QED) is 0.137. The Labute approximate surface area is 283 Å². The predicted molar refractivity (Wildman–Crippen MR) is 210 cm³/mol. The van der Waals surface area contributed by atoms with Crippen molar-refractivity contribution in [3.8, 4) is 27.9 Å². The van der Waals surface area contributed by atoms with E-state index >= 15 is 0 Å². The van der Waals surface area contributed by atoms with Crippen molar-refractivity contribution in [1.29, 1.82) is 0 Å². The van der Waals surface area contributed by atoms with E-state index in [1.807, 2.05) is 0 Å². The monoisotopic (exact) mass is 619 g/mol. The lowest BCUT2D eigenvalue weighted by Crippen LogP contribution is -1.95. The molecular formula is C48H29N. The van der Waals surface area contributed by atoms with Gasteiger partial charge in [0.15, 0.2) is 0 Å².